The Balaban J connectivity index is 1.78. The number of anilines is 2. The van der Waals surface area contributed by atoms with Crippen LogP contribution in [0, 0.1) is 0 Å². The van der Waals surface area contributed by atoms with Gasteiger partial charge in [0.2, 0.25) is 0 Å². The van der Waals surface area contributed by atoms with E-state index in [0.717, 1.165) is 0 Å². The van der Waals surface area contributed by atoms with Crippen LogP contribution >= 0.6 is 0 Å². The molecule has 31 heavy (non-hydrogen) atoms. The van der Waals surface area contributed by atoms with Crippen molar-refractivity contribution in [2.75, 3.05) is 5.32 Å². The number of benzene rings is 3. The average Bonchev–Trinajstić information content (AvgIpc) is 2.77. The molecule has 0 saturated heterocycles. The van der Waals surface area contributed by atoms with Gasteiger partial charge in [0.1, 0.15) is 10.6 Å². The highest BCUT2D eigenvalue weighted by Gasteiger charge is 2.22. The fourth-order valence-corrected chi connectivity index (χ4v) is 3.28. The quantitative estimate of drug-likeness (QED) is 0.404. The average molecular weight is 436 g/mol. The Morgan fingerprint density at radius 1 is 0.742 bits per heavy atom. The number of nitrogens with zero attached hydrogens (tertiary/aromatic N) is 3. The molecule has 0 fully saturated rings. The highest BCUT2D eigenvalue weighted by Crippen LogP contribution is 2.38. The Bertz CT molecular complexity index is 1290. The number of hydrogen-bond donors (Lipinski definition) is 2. The van der Waals surface area contributed by atoms with E-state index in [4.69, 9.17) is 9.47 Å². The van der Waals surface area contributed by atoms with Crippen molar-refractivity contribution in [3.8, 4) is 23.3 Å². The lowest BCUT2D eigenvalue weighted by atomic mass is 10.3. The van der Waals surface area contributed by atoms with Crippen molar-refractivity contribution < 1.29 is 22.4 Å². The summed E-state index contributed by atoms with van der Waals surface area (Å²) in [5.74, 6) is 0.334. The molecular weight excluding hydrogens is 420 g/mol. The number of para-hydroxylation sites is 3. The molecule has 0 aliphatic carbocycles. The summed E-state index contributed by atoms with van der Waals surface area (Å²) in [6.07, 6.45) is 0. The van der Waals surface area contributed by atoms with Crippen molar-refractivity contribution in [3.63, 3.8) is 0 Å². The Morgan fingerprint density at radius 2 is 1.32 bits per heavy atom. The zero-order valence-electron chi connectivity index (χ0n) is 15.9. The molecular formula is C21H16N4O5S. The molecule has 0 aliphatic rings. The maximum absolute atomic E-state index is 11.7. The van der Waals surface area contributed by atoms with E-state index in [9.17, 15) is 13.0 Å². The molecule has 4 aromatic rings. The largest absolute Gasteiger partial charge is 0.436 e. The minimum Gasteiger partial charge on any atom is -0.436 e. The van der Waals surface area contributed by atoms with Gasteiger partial charge in [-0.3, -0.25) is 4.55 Å². The van der Waals surface area contributed by atoms with Gasteiger partial charge in [0, 0.05) is 5.69 Å². The summed E-state index contributed by atoms with van der Waals surface area (Å²) in [6, 6.07) is 23.7. The van der Waals surface area contributed by atoms with Crippen molar-refractivity contribution in [2.45, 2.75) is 4.90 Å². The second-order valence-electron chi connectivity index (χ2n) is 6.20. The molecule has 156 valence electrons. The standard InChI is InChI=1S/C21H16N4O5S/c26-31(27,28)18-14-8-7-13-17(18)30-21-19(22-15-9-3-1-4-10-15)20(23-25-24-21)29-16-11-5-2-6-12-16/h1-14H,(H,22,25)(H,26,27,28). The van der Waals surface area contributed by atoms with Gasteiger partial charge in [0.05, 0.1) is 0 Å². The van der Waals surface area contributed by atoms with Crippen LogP contribution in [-0.2, 0) is 10.1 Å². The minimum absolute atomic E-state index is 0.0596. The molecule has 0 aliphatic heterocycles. The molecule has 0 saturated carbocycles. The van der Waals surface area contributed by atoms with Crippen LogP contribution in [0.5, 0.6) is 23.3 Å². The summed E-state index contributed by atoms with van der Waals surface area (Å²) in [4.78, 5) is -0.412. The van der Waals surface area contributed by atoms with Crippen molar-refractivity contribution in [2.24, 2.45) is 0 Å². The van der Waals surface area contributed by atoms with Crippen molar-refractivity contribution in [1.82, 2.24) is 15.4 Å². The summed E-state index contributed by atoms with van der Waals surface area (Å²) in [6.45, 7) is 0. The van der Waals surface area contributed by atoms with E-state index in [0.29, 0.717) is 11.4 Å². The lowest BCUT2D eigenvalue weighted by molar-refractivity contribution is 0.411. The van der Waals surface area contributed by atoms with Gasteiger partial charge < -0.3 is 14.8 Å². The first-order chi connectivity index (χ1) is 15.0. The third kappa shape index (κ3) is 4.94. The first kappa shape index (κ1) is 20.3. The maximum Gasteiger partial charge on any atom is 0.298 e. The summed E-state index contributed by atoms with van der Waals surface area (Å²) >= 11 is 0. The van der Waals surface area contributed by atoms with Gasteiger partial charge in [-0.1, -0.05) is 58.7 Å². The van der Waals surface area contributed by atoms with Crippen LogP contribution in [0.3, 0.4) is 0 Å². The van der Waals surface area contributed by atoms with Crippen LogP contribution in [0.1, 0.15) is 0 Å². The van der Waals surface area contributed by atoms with Crippen molar-refractivity contribution >= 4 is 21.5 Å². The van der Waals surface area contributed by atoms with Gasteiger partial charge in [-0.05, 0) is 41.6 Å². The zero-order chi connectivity index (χ0) is 21.7. The Hall–Kier alpha value is -4.02. The number of hydrogen-bond acceptors (Lipinski definition) is 8. The number of rotatable bonds is 7. The van der Waals surface area contributed by atoms with Gasteiger partial charge in [-0.2, -0.15) is 8.42 Å². The zero-order valence-corrected chi connectivity index (χ0v) is 16.7. The summed E-state index contributed by atoms with van der Waals surface area (Å²) in [7, 11) is -4.52. The molecule has 0 bridgehead atoms. The van der Waals surface area contributed by atoms with E-state index in [1.54, 1.807) is 30.3 Å². The summed E-state index contributed by atoms with van der Waals surface area (Å²) in [5, 5.41) is 14.6. The number of nitrogens with one attached hydrogen (secondary N) is 1. The third-order valence-corrected chi connectivity index (χ3v) is 4.93. The normalized spacial score (nSPS) is 11.0. The highest BCUT2D eigenvalue weighted by atomic mass is 32.2. The molecule has 3 aromatic carbocycles. The summed E-state index contributed by atoms with van der Waals surface area (Å²) in [5.41, 5.74) is 0.901. The lowest BCUT2D eigenvalue weighted by Crippen LogP contribution is -2.06. The fourth-order valence-electron chi connectivity index (χ4n) is 2.66. The van der Waals surface area contributed by atoms with Crippen molar-refractivity contribution in [3.05, 3.63) is 84.9 Å². The molecule has 0 unspecified atom stereocenters. The molecule has 0 spiro atoms. The smallest absolute Gasteiger partial charge is 0.298 e. The van der Waals surface area contributed by atoms with Crippen LogP contribution in [0.4, 0.5) is 11.4 Å². The second-order valence-corrected chi connectivity index (χ2v) is 7.59. The van der Waals surface area contributed by atoms with Gasteiger partial charge in [-0.25, -0.2) is 0 Å². The molecule has 2 N–H and O–H groups in total. The highest BCUT2D eigenvalue weighted by molar-refractivity contribution is 7.86. The molecule has 9 nitrogen and oxygen atoms in total. The maximum atomic E-state index is 11.7. The van der Waals surface area contributed by atoms with Crippen molar-refractivity contribution in [1.29, 1.82) is 0 Å². The van der Waals surface area contributed by atoms with Gasteiger partial charge in [0.15, 0.2) is 11.4 Å². The lowest BCUT2D eigenvalue weighted by Gasteiger charge is -2.15. The summed E-state index contributed by atoms with van der Waals surface area (Å²) < 4.78 is 44.5. The number of aromatic nitrogens is 3. The van der Waals surface area contributed by atoms with Crippen LogP contribution < -0.4 is 14.8 Å². The Morgan fingerprint density at radius 3 is 2.00 bits per heavy atom. The van der Waals surface area contributed by atoms with E-state index in [2.05, 4.69) is 20.7 Å². The van der Waals surface area contributed by atoms with Crippen LogP contribution in [0.2, 0.25) is 0 Å². The van der Waals surface area contributed by atoms with Crippen LogP contribution in [0.15, 0.2) is 89.8 Å². The number of ether oxygens (including phenoxy) is 2. The molecule has 1 heterocycles. The topological polar surface area (TPSA) is 124 Å². The molecule has 0 amide bonds. The van der Waals surface area contributed by atoms with E-state index in [1.807, 2.05) is 36.4 Å². The second kappa shape index (κ2) is 8.78. The first-order valence-corrected chi connectivity index (χ1v) is 10.5. The predicted octanol–water partition coefficient (Wildman–Crippen LogP) is 4.45. The SMILES string of the molecule is O=S(=O)(O)c1ccccc1Oc1nnnc(Oc2ccccc2)c1Nc1ccccc1. The Kier molecular flexibility index (Phi) is 5.74. The van der Waals surface area contributed by atoms with Gasteiger partial charge in [0.25, 0.3) is 21.9 Å². The van der Waals surface area contributed by atoms with Crippen LogP contribution in [0.25, 0.3) is 0 Å². The van der Waals surface area contributed by atoms with Crippen LogP contribution in [-0.4, -0.2) is 28.4 Å². The monoisotopic (exact) mass is 436 g/mol. The Labute approximate surface area is 178 Å². The van der Waals surface area contributed by atoms with Gasteiger partial charge >= 0.3 is 0 Å². The minimum atomic E-state index is -4.52. The molecule has 0 atom stereocenters. The van der Waals surface area contributed by atoms with E-state index < -0.39 is 15.0 Å². The third-order valence-electron chi connectivity index (χ3n) is 4.03. The first-order valence-electron chi connectivity index (χ1n) is 9.03. The predicted molar refractivity (Wildman–Crippen MR) is 112 cm³/mol. The van der Waals surface area contributed by atoms with E-state index in [1.165, 1.54) is 18.2 Å². The molecule has 10 heteroatoms. The van der Waals surface area contributed by atoms with Gasteiger partial charge in [-0.15, -0.1) is 0 Å². The molecule has 1 aromatic heterocycles. The fraction of sp³-hybridized carbons (Fsp3) is 0. The van der Waals surface area contributed by atoms with E-state index >= 15 is 0 Å². The van der Waals surface area contributed by atoms with E-state index in [-0.39, 0.29) is 23.2 Å². The molecule has 0 radical (unpaired) electrons. The molecule has 4 rings (SSSR count).